The first-order valence-corrected chi connectivity index (χ1v) is 6.49. The van der Waals surface area contributed by atoms with Gasteiger partial charge in [0.25, 0.3) is 5.69 Å². The molecule has 0 radical (unpaired) electrons. The van der Waals surface area contributed by atoms with E-state index in [2.05, 4.69) is 10.1 Å². The molecule has 1 heterocycles. The maximum atomic E-state index is 10.8. The fourth-order valence-electron chi connectivity index (χ4n) is 2.55. The number of hydrogen-bond acceptors (Lipinski definition) is 5. The fraction of sp³-hybridized carbons (Fsp3) is 0.385. The van der Waals surface area contributed by atoms with E-state index in [1.54, 1.807) is 23.1 Å². The lowest BCUT2D eigenvalue weighted by atomic mass is 10.2. The minimum atomic E-state index is -0.443. The molecular weight excluding hydrogens is 260 g/mol. The molecule has 1 aromatic heterocycles. The molecule has 2 atom stereocenters. The lowest BCUT2D eigenvalue weighted by molar-refractivity contribution is -0.384. The molecule has 1 fully saturated rings. The van der Waals surface area contributed by atoms with Crippen LogP contribution in [0.15, 0.2) is 30.6 Å². The van der Waals surface area contributed by atoms with Gasteiger partial charge in [0.15, 0.2) is 5.82 Å². The van der Waals surface area contributed by atoms with Crippen LogP contribution < -0.4 is 0 Å². The largest absolute Gasteiger partial charge is 0.391 e. The Hall–Kier alpha value is -2.28. The number of nitrogens with zero attached hydrogens (tertiary/aromatic N) is 4. The van der Waals surface area contributed by atoms with Gasteiger partial charge in [-0.2, -0.15) is 5.10 Å². The highest BCUT2D eigenvalue weighted by Gasteiger charge is 2.27. The van der Waals surface area contributed by atoms with Gasteiger partial charge in [0.05, 0.1) is 17.1 Å². The van der Waals surface area contributed by atoms with Crippen LogP contribution in [0.1, 0.15) is 25.3 Å². The molecule has 1 saturated carbocycles. The highest BCUT2D eigenvalue weighted by molar-refractivity contribution is 5.58. The molecule has 0 saturated heterocycles. The average Bonchev–Trinajstić information content (AvgIpc) is 3.07. The van der Waals surface area contributed by atoms with Crippen LogP contribution in [0.5, 0.6) is 0 Å². The van der Waals surface area contributed by atoms with Crippen LogP contribution in [-0.4, -0.2) is 30.9 Å². The molecular formula is C13H14N4O3. The smallest absolute Gasteiger partial charge is 0.270 e. The van der Waals surface area contributed by atoms with E-state index in [0.717, 1.165) is 19.3 Å². The molecule has 1 aromatic carbocycles. The van der Waals surface area contributed by atoms with Crippen molar-refractivity contribution < 1.29 is 10.0 Å². The lowest BCUT2D eigenvalue weighted by Gasteiger charge is -2.13. The number of rotatable bonds is 3. The molecule has 7 nitrogen and oxygen atoms in total. The van der Waals surface area contributed by atoms with Crippen molar-refractivity contribution in [3.63, 3.8) is 0 Å². The van der Waals surface area contributed by atoms with Crippen molar-refractivity contribution >= 4 is 5.69 Å². The van der Waals surface area contributed by atoms with E-state index in [4.69, 9.17) is 0 Å². The molecule has 20 heavy (non-hydrogen) atoms. The fourth-order valence-corrected chi connectivity index (χ4v) is 2.55. The molecule has 0 bridgehead atoms. The molecule has 0 spiro atoms. The van der Waals surface area contributed by atoms with Crippen LogP contribution in [0.3, 0.4) is 0 Å². The molecule has 7 heteroatoms. The van der Waals surface area contributed by atoms with Gasteiger partial charge in [-0.25, -0.2) is 9.67 Å². The maximum Gasteiger partial charge on any atom is 0.270 e. The Bertz CT molecular complexity index is 640. The molecule has 2 aromatic rings. The number of aromatic nitrogens is 3. The first-order valence-electron chi connectivity index (χ1n) is 6.49. The molecule has 0 amide bonds. The van der Waals surface area contributed by atoms with Gasteiger partial charge in [-0.15, -0.1) is 0 Å². The summed E-state index contributed by atoms with van der Waals surface area (Å²) < 4.78 is 1.66. The summed E-state index contributed by atoms with van der Waals surface area (Å²) in [6.07, 6.45) is 3.80. The summed E-state index contributed by atoms with van der Waals surface area (Å²) in [5.41, 5.74) is 0.616. The van der Waals surface area contributed by atoms with Crippen molar-refractivity contribution in [3.05, 3.63) is 40.7 Å². The van der Waals surface area contributed by atoms with Crippen molar-refractivity contribution in [2.75, 3.05) is 0 Å². The van der Waals surface area contributed by atoms with Crippen molar-refractivity contribution in [2.24, 2.45) is 0 Å². The predicted molar refractivity (Wildman–Crippen MR) is 71.0 cm³/mol. The summed E-state index contributed by atoms with van der Waals surface area (Å²) in [5, 5.41) is 25.0. The van der Waals surface area contributed by atoms with Gasteiger partial charge in [0.1, 0.15) is 6.33 Å². The minimum Gasteiger partial charge on any atom is -0.391 e. The van der Waals surface area contributed by atoms with E-state index in [1.165, 1.54) is 12.1 Å². The van der Waals surface area contributed by atoms with Crippen molar-refractivity contribution in [3.8, 4) is 11.4 Å². The first kappa shape index (κ1) is 12.7. The standard InChI is InChI=1S/C13H14N4O3/c18-12-6-2-5-11(12)16-8-14-13(15-16)9-3-1-4-10(7-9)17(19)20/h1,3-4,7-8,11-12,18H,2,5-6H2/t11-,12-/m1/s1. The third kappa shape index (κ3) is 2.27. The summed E-state index contributed by atoms with van der Waals surface area (Å²) >= 11 is 0. The van der Waals surface area contributed by atoms with Gasteiger partial charge in [0, 0.05) is 17.7 Å². The maximum absolute atomic E-state index is 10.8. The second kappa shape index (κ2) is 5.01. The normalized spacial score (nSPS) is 22.1. The average molecular weight is 274 g/mol. The van der Waals surface area contributed by atoms with Gasteiger partial charge in [0.2, 0.25) is 0 Å². The van der Waals surface area contributed by atoms with Crippen LogP contribution in [0.2, 0.25) is 0 Å². The Balaban J connectivity index is 1.90. The summed E-state index contributed by atoms with van der Waals surface area (Å²) in [7, 11) is 0. The van der Waals surface area contributed by atoms with Gasteiger partial charge in [-0.05, 0) is 19.3 Å². The van der Waals surface area contributed by atoms with E-state index in [1.807, 2.05) is 0 Å². The second-order valence-electron chi connectivity index (χ2n) is 4.92. The van der Waals surface area contributed by atoms with Crippen molar-refractivity contribution in [1.82, 2.24) is 14.8 Å². The molecule has 0 aliphatic heterocycles. The minimum absolute atomic E-state index is 0.0137. The zero-order chi connectivity index (χ0) is 14.1. The van der Waals surface area contributed by atoms with Crippen LogP contribution in [0.25, 0.3) is 11.4 Å². The molecule has 3 rings (SSSR count). The summed E-state index contributed by atoms with van der Waals surface area (Å²) in [4.78, 5) is 14.5. The van der Waals surface area contributed by atoms with E-state index < -0.39 is 11.0 Å². The predicted octanol–water partition coefficient (Wildman–Crippen LogP) is 1.94. The summed E-state index contributed by atoms with van der Waals surface area (Å²) in [6.45, 7) is 0. The Morgan fingerprint density at radius 2 is 2.25 bits per heavy atom. The number of benzene rings is 1. The number of nitro benzene ring substituents is 1. The van der Waals surface area contributed by atoms with Gasteiger partial charge in [-0.3, -0.25) is 10.1 Å². The monoisotopic (exact) mass is 274 g/mol. The highest BCUT2D eigenvalue weighted by Crippen LogP contribution is 2.30. The third-order valence-electron chi connectivity index (χ3n) is 3.61. The zero-order valence-electron chi connectivity index (χ0n) is 10.7. The Morgan fingerprint density at radius 3 is 2.95 bits per heavy atom. The van der Waals surface area contributed by atoms with Gasteiger partial charge < -0.3 is 5.11 Å². The Kier molecular flexibility index (Phi) is 3.19. The first-order chi connectivity index (χ1) is 9.65. The molecule has 1 aliphatic carbocycles. The number of non-ortho nitro benzene ring substituents is 1. The Labute approximate surface area is 115 Å². The summed E-state index contributed by atoms with van der Waals surface area (Å²) in [6, 6.07) is 6.18. The van der Waals surface area contributed by atoms with Gasteiger partial charge >= 0.3 is 0 Å². The SMILES string of the molecule is O=[N+]([O-])c1cccc(-c2ncn([C@@H]3CCC[C@H]3O)n2)c1. The quantitative estimate of drug-likeness (QED) is 0.681. The zero-order valence-corrected chi connectivity index (χ0v) is 10.7. The number of hydrogen-bond donors (Lipinski definition) is 1. The van der Waals surface area contributed by atoms with Gasteiger partial charge in [-0.1, -0.05) is 12.1 Å². The number of aliphatic hydroxyl groups excluding tert-OH is 1. The van der Waals surface area contributed by atoms with Crippen LogP contribution in [-0.2, 0) is 0 Å². The number of aliphatic hydroxyl groups is 1. The topological polar surface area (TPSA) is 94.1 Å². The molecule has 1 N–H and O–H groups in total. The van der Waals surface area contributed by atoms with Crippen LogP contribution in [0, 0.1) is 10.1 Å². The van der Waals surface area contributed by atoms with E-state index >= 15 is 0 Å². The van der Waals surface area contributed by atoms with E-state index in [-0.39, 0.29) is 11.7 Å². The molecule has 1 aliphatic rings. The molecule has 104 valence electrons. The number of nitro groups is 1. The van der Waals surface area contributed by atoms with Crippen LogP contribution >= 0.6 is 0 Å². The Morgan fingerprint density at radius 1 is 1.40 bits per heavy atom. The van der Waals surface area contributed by atoms with Crippen molar-refractivity contribution in [2.45, 2.75) is 31.4 Å². The lowest BCUT2D eigenvalue weighted by Crippen LogP contribution is -2.18. The third-order valence-corrected chi connectivity index (χ3v) is 3.61. The van der Waals surface area contributed by atoms with E-state index in [9.17, 15) is 15.2 Å². The van der Waals surface area contributed by atoms with E-state index in [0.29, 0.717) is 11.4 Å². The highest BCUT2D eigenvalue weighted by atomic mass is 16.6. The van der Waals surface area contributed by atoms with Crippen molar-refractivity contribution in [1.29, 1.82) is 0 Å². The molecule has 0 unspecified atom stereocenters. The second-order valence-corrected chi connectivity index (χ2v) is 4.92. The van der Waals surface area contributed by atoms with Crippen LogP contribution in [0.4, 0.5) is 5.69 Å². The summed E-state index contributed by atoms with van der Waals surface area (Å²) in [5.74, 6) is 0.438.